The molecule has 2 atom stereocenters. The van der Waals surface area contributed by atoms with Gasteiger partial charge in [-0.2, -0.15) is 0 Å². The van der Waals surface area contributed by atoms with Gasteiger partial charge in [0.25, 0.3) is 0 Å². The van der Waals surface area contributed by atoms with E-state index >= 15 is 0 Å². The lowest BCUT2D eigenvalue weighted by atomic mass is 9.82. The second-order valence-corrected chi connectivity index (χ2v) is 6.27. The Morgan fingerprint density at radius 3 is 2.71 bits per heavy atom. The molecule has 2 aromatic carbocycles. The number of rotatable bonds is 4. The van der Waals surface area contributed by atoms with Crippen LogP contribution in [-0.2, 0) is 6.42 Å². The molecule has 1 nitrogen and oxygen atoms in total. The number of hydrogen-bond acceptors (Lipinski definition) is 1. The van der Waals surface area contributed by atoms with Gasteiger partial charge in [0.2, 0.25) is 0 Å². The Kier molecular flexibility index (Phi) is 4.40. The molecule has 0 heterocycles. The third kappa shape index (κ3) is 3.19. The summed E-state index contributed by atoms with van der Waals surface area (Å²) in [5.74, 6) is 0.668. The molecular weight excluding hydrogens is 254 g/mol. The predicted octanol–water partition coefficient (Wildman–Crippen LogP) is 4.77. The fourth-order valence-corrected chi connectivity index (χ4v) is 3.57. The van der Waals surface area contributed by atoms with Crippen LogP contribution in [0.3, 0.4) is 0 Å². The van der Waals surface area contributed by atoms with Crippen LogP contribution >= 0.6 is 0 Å². The molecule has 0 fully saturated rings. The van der Waals surface area contributed by atoms with E-state index in [1.54, 1.807) is 11.1 Å². The zero-order valence-corrected chi connectivity index (χ0v) is 13.1. The van der Waals surface area contributed by atoms with Gasteiger partial charge in [0.05, 0.1) is 0 Å². The number of hydrogen-bond donors (Lipinski definition) is 1. The van der Waals surface area contributed by atoms with Crippen LogP contribution in [0.1, 0.15) is 54.0 Å². The zero-order chi connectivity index (χ0) is 14.7. The fourth-order valence-electron chi connectivity index (χ4n) is 3.57. The quantitative estimate of drug-likeness (QED) is 0.850. The van der Waals surface area contributed by atoms with E-state index in [1.807, 2.05) is 0 Å². The molecule has 1 aliphatic carbocycles. The third-order valence-electron chi connectivity index (χ3n) is 4.82. The highest BCUT2D eigenvalue weighted by molar-refractivity contribution is 5.33. The Bertz CT molecular complexity index is 602. The molecule has 0 radical (unpaired) electrons. The topological polar surface area (TPSA) is 12.0 Å². The van der Waals surface area contributed by atoms with E-state index < -0.39 is 0 Å². The second kappa shape index (κ2) is 6.44. The van der Waals surface area contributed by atoms with Crippen molar-refractivity contribution in [1.82, 2.24) is 5.32 Å². The lowest BCUT2D eigenvalue weighted by Gasteiger charge is -2.27. The minimum Gasteiger partial charge on any atom is -0.310 e. The number of fused-ring (bicyclic) bond motifs is 1. The zero-order valence-electron chi connectivity index (χ0n) is 13.1. The van der Waals surface area contributed by atoms with Crippen LogP contribution in [-0.4, -0.2) is 6.54 Å². The molecule has 2 aromatic rings. The summed E-state index contributed by atoms with van der Waals surface area (Å²) in [5, 5.41) is 3.75. The van der Waals surface area contributed by atoms with Crippen molar-refractivity contribution < 1.29 is 0 Å². The van der Waals surface area contributed by atoms with Gasteiger partial charge in [-0.3, -0.25) is 0 Å². The SMILES string of the molecule is Cc1ccccc1[C@@H](C)NCC1CCCc2ccccc21. The number of benzene rings is 2. The first-order chi connectivity index (χ1) is 10.3. The van der Waals surface area contributed by atoms with Crippen molar-refractivity contribution >= 4 is 0 Å². The average Bonchev–Trinajstić information content (AvgIpc) is 2.53. The molecule has 3 rings (SSSR count). The Balaban J connectivity index is 1.67. The number of aryl methyl sites for hydroxylation is 2. The molecular formula is C20H25N. The molecule has 0 saturated heterocycles. The van der Waals surface area contributed by atoms with E-state index in [9.17, 15) is 0 Å². The summed E-state index contributed by atoms with van der Waals surface area (Å²) < 4.78 is 0. The normalized spacial score (nSPS) is 19.0. The van der Waals surface area contributed by atoms with Crippen LogP contribution in [0.15, 0.2) is 48.5 Å². The molecule has 0 spiro atoms. The standard InChI is InChI=1S/C20H25N/c1-15-8-3-5-12-19(15)16(2)21-14-18-11-7-10-17-9-4-6-13-20(17)18/h3-6,8-9,12-13,16,18,21H,7,10-11,14H2,1-2H3/t16-,18?/m1/s1. The summed E-state index contributed by atoms with van der Waals surface area (Å²) in [6, 6.07) is 18.1. The molecule has 0 bridgehead atoms. The number of nitrogens with one attached hydrogen (secondary N) is 1. The molecule has 110 valence electrons. The van der Waals surface area contributed by atoms with E-state index in [2.05, 4.69) is 67.7 Å². The summed E-state index contributed by atoms with van der Waals surface area (Å²) in [6.45, 7) is 5.55. The van der Waals surface area contributed by atoms with Gasteiger partial charge in [-0.25, -0.2) is 0 Å². The lowest BCUT2D eigenvalue weighted by Crippen LogP contribution is -2.27. The minimum atomic E-state index is 0.417. The summed E-state index contributed by atoms with van der Waals surface area (Å²) in [7, 11) is 0. The van der Waals surface area contributed by atoms with Crippen LogP contribution in [0.2, 0.25) is 0 Å². The highest BCUT2D eigenvalue weighted by Crippen LogP contribution is 2.31. The molecule has 1 N–H and O–H groups in total. The van der Waals surface area contributed by atoms with Crippen molar-refractivity contribution in [3.63, 3.8) is 0 Å². The molecule has 0 saturated carbocycles. The summed E-state index contributed by atoms with van der Waals surface area (Å²) in [4.78, 5) is 0. The summed E-state index contributed by atoms with van der Waals surface area (Å²) >= 11 is 0. The maximum absolute atomic E-state index is 3.75. The van der Waals surface area contributed by atoms with E-state index in [-0.39, 0.29) is 0 Å². The van der Waals surface area contributed by atoms with E-state index in [4.69, 9.17) is 0 Å². The van der Waals surface area contributed by atoms with E-state index in [1.165, 1.54) is 30.4 Å². The van der Waals surface area contributed by atoms with Gasteiger partial charge >= 0.3 is 0 Å². The predicted molar refractivity (Wildman–Crippen MR) is 89.7 cm³/mol. The van der Waals surface area contributed by atoms with Gasteiger partial charge in [-0.05, 0) is 61.3 Å². The molecule has 0 aliphatic heterocycles. The highest BCUT2D eigenvalue weighted by Gasteiger charge is 2.20. The largest absolute Gasteiger partial charge is 0.310 e. The van der Waals surface area contributed by atoms with Gasteiger partial charge in [0.1, 0.15) is 0 Å². The second-order valence-electron chi connectivity index (χ2n) is 6.27. The Morgan fingerprint density at radius 2 is 1.86 bits per heavy atom. The van der Waals surface area contributed by atoms with Gasteiger partial charge in [-0.15, -0.1) is 0 Å². The fraction of sp³-hybridized carbons (Fsp3) is 0.400. The molecule has 21 heavy (non-hydrogen) atoms. The Labute approximate surface area is 128 Å². The first-order valence-corrected chi connectivity index (χ1v) is 8.12. The van der Waals surface area contributed by atoms with Crippen LogP contribution in [0.4, 0.5) is 0 Å². The van der Waals surface area contributed by atoms with Crippen molar-refractivity contribution in [2.75, 3.05) is 6.54 Å². The van der Waals surface area contributed by atoms with Crippen molar-refractivity contribution in [3.05, 3.63) is 70.8 Å². The lowest BCUT2D eigenvalue weighted by molar-refractivity contribution is 0.472. The van der Waals surface area contributed by atoms with Gasteiger partial charge in [0, 0.05) is 12.6 Å². The van der Waals surface area contributed by atoms with E-state index in [0.29, 0.717) is 12.0 Å². The van der Waals surface area contributed by atoms with Crippen LogP contribution in [0.5, 0.6) is 0 Å². The molecule has 0 amide bonds. The molecule has 1 unspecified atom stereocenters. The first kappa shape index (κ1) is 14.3. The van der Waals surface area contributed by atoms with Gasteiger partial charge < -0.3 is 5.32 Å². The van der Waals surface area contributed by atoms with E-state index in [0.717, 1.165) is 6.54 Å². The molecule has 1 aliphatic rings. The maximum atomic E-state index is 3.75. The Hall–Kier alpha value is -1.60. The molecule has 1 heteroatoms. The molecule has 0 aromatic heterocycles. The summed E-state index contributed by atoms with van der Waals surface area (Å²) in [6.07, 6.45) is 3.88. The summed E-state index contributed by atoms with van der Waals surface area (Å²) in [5.41, 5.74) is 5.91. The van der Waals surface area contributed by atoms with Gasteiger partial charge in [0.15, 0.2) is 0 Å². The van der Waals surface area contributed by atoms with Crippen molar-refractivity contribution in [1.29, 1.82) is 0 Å². The Morgan fingerprint density at radius 1 is 1.10 bits per heavy atom. The highest BCUT2D eigenvalue weighted by atomic mass is 14.9. The minimum absolute atomic E-state index is 0.417. The van der Waals surface area contributed by atoms with Crippen molar-refractivity contribution in [2.24, 2.45) is 0 Å². The first-order valence-electron chi connectivity index (χ1n) is 8.12. The van der Waals surface area contributed by atoms with Crippen LogP contribution in [0.25, 0.3) is 0 Å². The maximum Gasteiger partial charge on any atom is 0.0294 e. The van der Waals surface area contributed by atoms with Crippen LogP contribution < -0.4 is 5.32 Å². The monoisotopic (exact) mass is 279 g/mol. The average molecular weight is 279 g/mol. The van der Waals surface area contributed by atoms with Gasteiger partial charge in [-0.1, -0.05) is 48.5 Å². The smallest absolute Gasteiger partial charge is 0.0294 e. The van der Waals surface area contributed by atoms with Crippen LogP contribution in [0, 0.1) is 6.92 Å². The third-order valence-corrected chi connectivity index (χ3v) is 4.82. The van der Waals surface area contributed by atoms with Crippen molar-refractivity contribution in [2.45, 2.75) is 45.1 Å². The van der Waals surface area contributed by atoms with Crippen molar-refractivity contribution in [3.8, 4) is 0 Å².